The number of ether oxygens (including phenoxy) is 1. The lowest BCUT2D eigenvalue weighted by molar-refractivity contribution is 0.0492. The lowest BCUT2D eigenvalue weighted by Crippen LogP contribution is -2.44. The third kappa shape index (κ3) is 5.57. The maximum absolute atomic E-state index is 11.8. The second kappa shape index (κ2) is 6.74. The van der Waals surface area contributed by atoms with Gasteiger partial charge in [-0.25, -0.2) is 14.8 Å². The molecule has 2 N–H and O–H groups in total. The van der Waals surface area contributed by atoms with Crippen molar-refractivity contribution in [1.29, 1.82) is 0 Å². The summed E-state index contributed by atoms with van der Waals surface area (Å²) in [5, 5.41) is 6.27. The van der Waals surface area contributed by atoms with E-state index in [0.717, 1.165) is 25.7 Å². The molecule has 1 amide bonds. The number of hydrogen-bond acceptors (Lipinski definition) is 5. The molecule has 1 aliphatic rings. The first-order valence-corrected chi connectivity index (χ1v) is 7.45. The summed E-state index contributed by atoms with van der Waals surface area (Å²) < 4.78 is 5.30. The topological polar surface area (TPSA) is 76.1 Å². The van der Waals surface area contributed by atoms with Crippen molar-refractivity contribution in [2.24, 2.45) is 0 Å². The fourth-order valence-electron chi connectivity index (χ4n) is 2.48. The molecular weight excluding hydrogens is 268 g/mol. The molecule has 0 aromatic carbocycles. The van der Waals surface area contributed by atoms with Gasteiger partial charge in [-0.3, -0.25) is 0 Å². The normalized spacial score (nSPS) is 22.4. The lowest BCUT2D eigenvalue weighted by atomic mass is 9.91. The van der Waals surface area contributed by atoms with E-state index >= 15 is 0 Å². The van der Waals surface area contributed by atoms with E-state index in [1.54, 1.807) is 18.5 Å². The summed E-state index contributed by atoms with van der Waals surface area (Å²) >= 11 is 0. The SMILES string of the molecule is CC(C)(C)OC(=O)N[C@H]1CCC[C@@H](Nc2ncccn2)C1. The quantitative estimate of drug-likeness (QED) is 0.896. The summed E-state index contributed by atoms with van der Waals surface area (Å²) in [5.74, 6) is 0.639. The molecule has 1 saturated carbocycles. The second-order valence-electron chi connectivity index (χ2n) is 6.42. The highest BCUT2D eigenvalue weighted by molar-refractivity contribution is 5.68. The van der Waals surface area contributed by atoms with Gasteiger partial charge in [-0.2, -0.15) is 0 Å². The van der Waals surface area contributed by atoms with Gasteiger partial charge in [0.25, 0.3) is 0 Å². The van der Waals surface area contributed by atoms with Crippen molar-refractivity contribution in [2.75, 3.05) is 5.32 Å². The number of carbonyl (C=O) groups excluding carboxylic acids is 1. The molecule has 1 heterocycles. The largest absolute Gasteiger partial charge is 0.444 e. The van der Waals surface area contributed by atoms with Crippen molar-refractivity contribution < 1.29 is 9.53 Å². The average molecular weight is 292 g/mol. The second-order valence-corrected chi connectivity index (χ2v) is 6.42. The minimum atomic E-state index is -0.464. The van der Waals surface area contributed by atoms with Crippen molar-refractivity contribution in [3.63, 3.8) is 0 Å². The van der Waals surface area contributed by atoms with Crippen LogP contribution in [-0.4, -0.2) is 33.7 Å². The zero-order chi connectivity index (χ0) is 15.3. The number of carbonyl (C=O) groups is 1. The highest BCUT2D eigenvalue weighted by atomic mass is 16.6. The highest BCUT2D eigenvalue weighted by Gasteiger charge is 2.25. The van der Waals surface area contributed by atoms with Crippen LogP contribution in [0.25, 0.3) is 0 Å². The number of anilines is 1. The smallest absolute Gasteiger partial charge is 0.407 e. The summed E-state index contributed by atoms with van der Waals surface area (Å²) in [4.78, 5) is 20.2. The van der Waals surface area contributed by atoms with Gasteiger partial charge >= 0.3 is 6.09 Å². The third-order valence-corrected chi connectivity index (χ3v) is 3.29. The van der Waals surface area contributed by atoms with Gasteiger partial charge < -0.3 is 15.4 Å². The van der Waals surface area contributed by atoms with Crippen LogP contribution >= 0.6 is 0 Å². The van der Waals surface area contributed by atoms with Gasteiger partial charge in [0.05, 0.1) is 0 Å². The predicted octanol–water partition coefficient (Wildman–Crippen LogP) is 2.72. The summed E-state index contributed by atoms with van der Waals surface area (Å²) in [6.45, 7) is 5.60. The van der Waals surface area contributed by atoms with Crippen LogP contribution in [-0.2, 0) is 4.74 Å². The molecule has 2 rings (SSSR count). The van der Waals surface area contributed by atoms with Crippen LogP contribution in [0.3, 0.4) is 0 Å². The molecule has 0 bridgehead atoms. The number of amides is 1. The first-order valence-electron chi connectivity index (χ1n) is 7.45. The molecular formula is C15H24N4O2. The lowest BCUT2D eigenvalue weighted by Gasteiger charge is -2.31. The number of aromatic nitrogens is 2. The summed E-state index contributed by atoms with van der Waals surface area (Å²) in [5.41, 5.74) is -0.464. The Morgan fingerprint density at radius 1 is 1.24 bits per heavy atom. The Morgan fingerprint density at radius 2 is 1.90 bits per heavy atom. The molecule has 21 heavy (non-hydrogen) atoms. The van der Waals surface area contributed by atoms with E-state index in [1.165, 1.54) is 0 Å². The van der Waals surface area contributed by atoms with Crippen LogP contribution in [0.5, 0.6) is 0 Å². The number of nitrogens with zero attached hydrogens (tertiary/aromatic N) is 2. The van der Waals surface area contributed by atoms with Crippen LogP contribution in [0.15, 0.2) is 18.5 Å². The van der Waals surface area contributed by atoms with Gasteiger partial charge in [-0.1, -0.05) is 0 Å². The molecule has 0 spiro atoms. The fourth-order valence-corrected chi connectivity index (χ4v) is 2.48. The monoisotopic (exact) mass is 292 g/mol. The van der Waals surface area contributed by atoms with E-state index < -0.39 is 5.60 Å². The van der Waals surface area contributed by atoms with Gasteiger partial charge in [-0.05, 0) is 52.5 Å². The van der Waals surface area contributed by atoms with Gasteiger partial charge in [0, 0.05) is 24.5 Å². The molecule has 0 aliphatic heterocycles. The van der Waals surface area contributed by atoms with Crippen molar-refractivity contribution in [1.82, 2.24) is 15.3 Å². The standard InChI is InChI=1S/C15H24N4O2/c1-15(2,3)21-14(20)19-12-7-4-6-11(10-12)18-13-16-8-5-9-17-13/h5,8-9,11-12H,4,6-7,10H2,1-3H3,(H,19,20)(H,16,17,18)/t11-,12+/m1/s1. The summed E-state index contributed by atoms with van der Waals surface area (Å²) in [6, 6.07) is 2.20. The van der Waals surface area contributed by atoms with E-state index in [-0.39, 0.29) is 18.2 Å². The molecule has 1 fully saturated rings. The first kappa shape index (κ1) is 15.5. The van der Waals surface area contributed by atoms with Gasteiger partial charge in [0.2, 0.25) is 5.95 Å². The van der Waals surface area contributed by atoms with Crippen LogP contribution in [0.1, 0.15) is 46.5 Å². The maximum Gasteiger partial charge on any atom is 0.407 e. The minimum Gasteiger partial charge on any atom is -0.444 e. The Labute approximate surface area is 125 Å². The van der Waals surface area contributed by atoms with E-state index in [4.69, 9.17) is 4.74 Å². The van der Waals surface area contributed by atoms with Crippen LogP contribution in [0.2, 0.25) is 0 Å². The van der Waals surface area contributed by atoms with Crippen LogP contribution < -0.4 is 10.6 Å². The number of nitrogens with one attached hydrogen (secondary N) is 2. The predicted molar refractivity (Wildman–Crippen MR) is 81.1 cm³/mol. The van der Waals surface area contributed by atoms with E-state index in [9.17, 15) is 4.79 Å². The Balaban J connectivity index is 1.82. The van der Waals surface area contributed by atoms with Crippen molar-refractivity contribution in [3.05, 3.63) is 18.5 Å². The Morgan fingerprint density at radius 3 is 2.57 bits per heavy atom. The fraction of sp³-hybridized carbons (Fsp3) is 0.667. The van der Waals surface area contributed by atoms with Crippen molar-refractivity contribution in [3.8, 4) is 0 Å². The van der Waals surface area contributed by atoms with E-state index in [0.29, 0.717) is 5.95 Å². The van der Waals surface area contributed by atoms with Crippen LogP contribution in [0, 0.1) is 0 Å². The van der Waals surface area contributed by atoms with E-state index in [1.807, 2.05) is 20.8 Å². The molecule has 2 atom stereocenters. The zero-order valence-corrected chi connectivity index (χ0v) is 12.9. The number of hydrogen-bond donors (Lipinski definition) is 2. The molecule has 0 unspecified atom stereocenters. The number of alkyl carbamates (subject to hydrolysis) is 1. The van der Waals surface area contributed by atoms with Gasteiger partial charge in [0.15, 0.2) is 0 Å². The molecule has 0 radical (unpaired) electrons. The van der Waals surface area contributed by atoms with E-state index in [2.05, 4.69) is 20.6 Å². The molecule has 6 nitrogen and oxygen atoms in total. The summed E-state index contributed by atoms with van der Waals surface area (Å²) in [6.07, 6.45) is 7.05. The minimum absolute atomic E-state index is 0.134. The molecule has 1 aromatic heterocycles. The highest BCUT2D eigenvalue weighted by Crippen LogP contribution is 2.21. The van der Waals surface area contributed by atoms with Gasteiger partial charge in [0.1, 0.15) is 5.60 Å². The average Bonchev–Trinajstić information content (AvgIpc) is 2.38. The van der Waals surface area contributed by atoms with Crippen LogP contribution in [0.4, 0.5) is 10.7 Å². The summed E-state index contributed by atoms with van der Waals surface area (Å²) in [7, 11) is 0. The molecule has 0 saturated heterocycles. The third-order valence-electron chi connectivity index (χ3n) is 3.29. The molecule has 1 aliphatic carbocycles. The molecule has 6 heteroatoms. The maximum atomic E-state index is 11.8. The zero-order valence-electron chi connectivity index (χ0n) is 12.9. The van der Waals surface area contributed by atoms with Crippen molar-refractivity contribution >= 4 is 12.0 Å². The molecule has 116 valence electrons. The Bertz CT molecular complexity index is 458. The Hall–Kier alpha value is -1.85. The van der Waals surface area contributed by atoms with Crippen molar-refractivity contribution in [2.45, 2.75) is 64.1 Å². The number of rotatable bonds is 3. The Kier molecular flexibility index (Phi) is 4.98. The van der Waals surface area contributed by atoms with Gasteiger partial charge in [-0.15, -0.1) is 0 Å². The first-order chi connectivity index (χ1) is 9.92. The molecule has 1 aromatic rings.